The van der Waals surface area contributed by atoms with Gasteiger partial charge in [0.15, 0.2) is 0 Å². The molecule has 1 saturated carbocycles. The second-order valence-corrected chi connectivity index (χ2v) is 8.58. The van der Waals surface area contributed by atoms with Crippen LogP contribution in [0.5, 0.6) is 0 Å². The summed E-state index contributed by atoms with van der Waals surface area (Å²) >= 11 is 0. The summed E-state index contributed by atoms with van der Waals surface area (Å²) in [5, 5.41) is 0. The number of rotatable bonds is 7. The third kappa shape index (κ3) is 5.82. The van der Waals surface area contributed by atoms with Crippen LogP contribution in [0.2, 0.25) is 0 Å². The molecule has 0 saturated heterocycles. The monoisotopic (exact) mass is 367 g/mol. The first kappa shape index (κ1) is 19.4. The number of hydrogen-bond acceptors (Lipinski definition) is 4. The lowest BCUT2D eigenvalue weighted by atomic mass is 10.0. The number of amides is 2. The van der Waals surface area contributed by atoms with Gasteiger partial charge in [-0.3, -0.25) is 20.4 Å². The standard InChI is InChI=1S/C17H25N3O4S/c1-11(2)10-15(17(22)19-18-16(21)13-6-7-13)20-25(23,24)14-8-4-12(3)5-9-14/h4-5,8-9,11,13,15,20H,6-7,10H2,1-3H3,(H,18,21)(H,19,22). The van der Waals surface area contributed by atoms with E-state index in [1.165, 1.54) is 12.1 Å². The normalized spacial score (nSPS) is 15.7. The predicted molar refractivity (Wildman–Crippen MR) is 93.8 cm³/mol. The Hall–Kier alpha value is -1.93. The molecule has 0 heterocycles. The topological polar surface area (TPSA) is 104 Å². The van der Waals surface area contributed by atoms with E-state index >= 15 is 0 Å². The molecule has 1 aliphatic carbocycles. The molecule has 1 aromatic carbocycles. The van der Waals surface area contributed by atoms with Crippen LogP contribution in [0.1, 0.15) is 38.7 Å². The van der Waals surface area contributed by atoms with Crippen molar-refractivity contribution < 1.29 is 18.0 Å². The first-order valence-corrected chi connectivity index (χ1v) is 9.86. The van der Waals surface area contributed by atoms with E-state index in [0.29, 0.717) is 6.42 Å². The average Bonchev–Trinajstić information content (AvgIpc) is 3.36. The van der Waals surface area contributed by atoms with E-state index in [4.69, 9.17) is 0 Å². The van der Waals surface area contributed by atoms with Gasteiger partial charge in [-0.2, -0.15) is 4.72 Å². The quantitative estimate of drug-likeness (QED) is 0.631. The molecule has 0 aliphatic heterocycles. The van der Waals surface area contributed by atoms with Crippen LogP contribution in [0.3, 0.4) is 0 Å². The van der Waals surface area contributed by atoms with Gasteiger partial charge in [0.05, 0.1) is 4.90 Å². The molecule has 1 atom stereocenters. The molecule has 2 rings (SSSR count). The summed E-state index contributed by atoms with van der Waals surface area (Å²) in [6, 6.07) is 5.42. The van der Waals surface area contributed by atoms with Gasteiger partial charge in [-0.25, -0.2) is 8.42 Å². The highest BCUT2D eigenvalue weighted by atomic mass is 32.2. The Labute approximate surface area is 148 Å². The summed E-state index contributed by atoms with van der Waals surface area (Å²) in [4.78, 5) is 24.1. The first-order valence-electron chi connectivity index (χ1n) is 8.37. The highest BCUT2D eigenvalue weighted by Gasteiger charge is 2.31. The Morgan fingerprint density at radius 1 is 1.12 bits per heavy atom. The van der Waals surface area contributed by atoms with E-state index in [1.807, 2.05) is 20.8 Å². The summed E-state index contributed by atoms with van der Waals surface area (Å²) in [7, 11) is -3.83. The lowest BCUT2D eigenvalue weighted by Crippen LogP contribution is -2.52. The summed E-state index contributed by atoms with van der Waals surface area (Å²) in [5.41, 5.74) is 5.63. The Bertz CT molecular complexity index is 725. The highest BCUT2D eigenvalue weighted by Crippen LogP contribution is 2.28. The number of nitrogens with one attached hydrogen (secondary N) is 3. The zero-order chi connectivity index (χ0) is 18.6. The molecule has 1 unspecified atom stereocenters. The molecule has 1 fully saturated rings. The van der Waals surface area contributed by atoms with Crippen molar-refractivity contribution in [2.45, 2.75) is 51.0 Å². The van der Waals surface area contributed by atoms with Gasteiger partial charge in [-0.15, -0.1) is 0 Å². The molecule has 0 radical (unpaired) electrons. The van der Waals surface area contributed by atoms with Gasteiger partial charge in [-0.1, -0.05) is 31.5 Å². The van der Waals surface area contributed by atoms with Gasteiger partial charge >= 0.3 is 0 Å². The van der Waals surface area contributed by atoms with Gasteiger partial charge in [0, 0.05) is 5.92 Å². The highest BCUT2D eigenvalue weighted by molar-refractivity contribution is 7.89. The third-order valence-corrected chi connectivity index (χ3v) is 5.40. The van der Waals surface area contributed by atoms with Crippen molar-refractivity contribution in [3.8, 4) is 0 Å². The van der Waals surface area contributed by atoms with E-state index in [2.05, 4.69) is 15.6 Å². The zero-order valence-corrected chi connectivity index (χ0v) is 15.5. The van der Waals surface area contributed by atoms with E-state index in [1.54, 1.807) is 12.1 Å². The largest absolute Gasteiger partial charge is 0.273 e. The van der Waals surface area contributed by atoms with E-state index < -0.39 is 22.0 Å². The maximum atomic E-state index is 12.5. The zero-order valence-electron chi connectivity index (χ0n) is 14.7. The van der Waals surface area contributed by atoms with Crippen LogP contribution in [0.15, 0.2) is 29.2 Å². The van der Waals surface area contributed by atoms with Crippen molar-refractivity contribution >= 4 is 21.8 Å². The van der Waals surface area contributed by atoms with Crippen molar-refractivity contribution in [1.82, 2.24) is 15.6 Å². The minimum Gasteiger partial charge on any atom is -0.273 e. The van der Waals surface area contributed by atoms with Crippen molar-refractivity contribution in [3.63, 3.8) is 0 Å². The molecule has 138 valence electrons. The van der Waals surface area contributed by atoms with Crippen LogP contribution < -0.4 is 15.6 Å². The van der Waals surface area contributed by atoms with E-state index in [9.17, 15) is 18.0 Å². The van der Waals surface area contributed by atoms with Crippen LogP contribution in [-0.4, -0.2) is 26.3 Å². The minimum absolute atomic E-state index is 0.0481. The van der Waals surface area contributed by atoms with Crippen LogP contribution in [-0.2, 0) is 19.6 Å². The second kappa shape index (κ2) is 7.97. The summed E-state index contributed by atoms with van der Waals surface area (Å²) < 4.78 is 27.5. The molecular weight excluding hydrogens is 342 g/mol. The fourth-order valence-corrected chi connectivity index (χ4v) is 3.52. The molecule has 0 aromatic heterocycles. The summed E-state index contributed by atoms with van der Waals surface area (Å²) in [5.74, 6) is -0.764. The van der Waals surface area contributed by atoms with Gasteiger partial charge in [0.25, 0.3) is 5.91 Å². The first-order chi connectivity index (χ1) is 11.7. The van der Waals surface area contributed by atoms with Crippen molar-refractivity contribution in [3.05, 3.63) is 29.8 Å². The molecule has 1 aliphatic rings. The maximum absolute atomic E-state index is 12.5. The van der Waals surface area contributed by atoms with Crippen molar-refractivity contribution in [1.29, 1.82) is 0 Å². The van der Waals surface area contributed by atoms with Crippen LogP contribution in [0, 0.1) is 18.8 Å². The lowest BCUT2D eigenvalue weighted by molar-refractivity contribution is -0.130. The van der Waals surface area contributed by atoms with Crippen LogP contribution in [0.4, 0.5) is 0 Å². The maximum Gasteiger partial charge on any atom is 0.256 e. The van der Waals surface area contributed by atoms with Gasteiger partial charge < -0.3 is 0 Å². The molecule has 25 heavy (non-hydrogen) atoms. The lowest BCUT2D eigenvalue weighted by Gasteiger charge is -2.20. The van der Waals surface area contributed by atoms with Crippen molar-refractivity contribution in [2.24, 2.45) is 11.8 Å². The van der Waals surface area contributed by atoms with Crippen LogP contribution >= 0.6 is 0 Å². The molecule has 7 nitrogen and oxygen atoms in total. The number of hydrazine groups is 1. The van der Waals surface area contributed by atoms with Gasteiger partial charge in [0.1, 0.15) is 6.04 Å². The van der Waals surface area contributed by atoms with Gasteiger partial charge in [0.2, 0.25) is 15.9 Å². The fraction of sp³-hybridized carbons (Fsp3) is 0.529. The Morgan fingerprint density at radius 2 is 1.72 bits per heavy atom. The van der Waals surface area contributed by atoms with E-state index in [-0.39, 0.29) is 22.6 Å². The molecular formula is C17H25N3O4S. The molecule has 2 amide bonds. The fourth-order valence-electron chi connectivity index (χ4n) is 2.31. The number of carbonyl (C=O) groups is 2. The third-order valence-electron chi connectivity index (χ3n) is 3.91. The Kier molecular flexibility index (Phi) is 6.18. The molecule has 0 bridgehead atoms. The number of hydrogen-bond donors (Lipinski definition) is 3. The molecule has 0 spiro atoms. The Balaban J connectivity index is 2.06. The summed E-state index contributed by atoms with van der Waals surface area (Å²) in [6.07, 6.45) is 1.95. The minimum atomic E-state index is -3.83. The smallest absolute Gasteiger partial charge is 0.256 e. The van der Waals surface area contributed by atoms with E-state index in [0.717, 1.165) is 18.4 Å². The summed E-state index contributed by atoms with van der Waals surface area (Å²) in [6.45, 7) is 5.65. The van der Waals surface area contributed by atoms with Crippen molar-refractivity contribution in [2.75, 3.05) is 0 Å². The van der Waals surface area contributed by atoms with Gasteiger partial charge in [-0.05, 0) is 44.2 Å². The number of benzene rings is 1. The predicted octanol–water partition coefficient (Wildman–Crippen LogP) is 1.25. The SMILES string of the molecule is Cc1ccc(S(=O)(=O)NC(CC(C)C)C(=O)NNC(=O)C2CC2)cc1. The second-order valence-electron chi connectivity index (χ2n) is 6.87. The number of sulfonamides is 1. The molecule has 1 aromatic rings. The molecule has 3 N–H and O–H groups in total. The number of carbonyl (C=O) groups excluding carboxylic acids is 2. The number of aryl methyl sites for hydroxylation is 1. The molecule has 8 heteroatoms. The van der Waals surface area contributed by atoms with Crippen LogP contribution in [0.25, 0.3) is 0 Å². The average molecular weight is 367 g/mol. The Morgan fingerprint density at radius 3 is 2.24 bits per heavy atom.